The van der Waals surface area contributed by atoms with Crippen molar-refractivity contribution in [1.82, 2.24) is 9.13 Å². The summed E-state index contributed by atoms with van der Waals surface area (Å²) in [4.78, 5) is 23.5. The van der Waals surface area contributed by atoms with E-state index < -0.39 is 0 Å². The lowest BCUT2D eigenvalue weighted by Crippen LogP contribution is -2.38. The Balaban J connectivity index is 2.27. The molecule has 1 N–H and O–H groups in total. The number of nitriles is 1. The summed E-state index contributed by atoms with van der Waals surface area (Å²) in [6, 6.07) is 8.63. The molecule has 0 aliphatic heterocycles. The van der Waals surface area contributed by atoms with Crippen LogP contribution in [0, 0.1) is 11.3 Å². The Kier molecular flexibility index (Phi) is 4.29. The number of hydrogen-bond donors (Lipinski definition) is 1. The minimum absolute atomic E-state index is 0.326. The van der Waals surface area contributed by atoms with Crippen molar-refractivity contribution in [3.8, 4) is 6.07 Å². The van der Waals surface area contributed by atoms with E-state index >= 15 is 0 Å². The largest absolute Gasteiger partial charge is 0.379 e. The second-order valence-corrected chi connectivity index (χ2v) is 5.39. The van der Waals surface area contributed by atoms with Gasteiger partial charge in [-0.2, -0.15) is 5.26 Å². The van der Waals surface area contributed by atoms with Crippen molar-refractivity contribution in [3.05, 3.63) is 60.8 Å². The molecule has 21 heavy (non-hydrogen) atoms. The van der Waals surface area contributed by atoms with Gasteiger partial charge in [-0.25, -0.2) is 4.79 Å². The van der Waals surface area contributed by atoms with E-state index in [-0.39, 0.29) is 11.2 Å². The lowest BCUT2D eigenvalue weighted by molar-refractivity contribution is 0.655. The van der Waals surface area contributed by atoms with Crippen molar-refractivity contribution >= 4 is 21.6 Å². The maximum Gasteiger partial charge on any atom is 0.330 e. The van der Waals surface area contributed by atoms with Crippen molar-refractivity contribution in [1.29, 1.82) is 5.26 Å². The Hall–Kier alpha value is -2.33. The molecule has 0 saturated heterocycles. The maximum atomic E-state index is 11.8. The van der Waals surface area contributed by atoms with Gasteiger partial charge in [0.25, 0.3) is 5.56 Å². The normalized spacial score (nSPS) is 10.2. The van der Waals surface area contributed by atoms with E-state index in [0.29, 0.717) is 17.8 Å². The van der Waals surface area contributed by atoms with Gasteiger partial charge in [-0.05, 0) is 34.1 Å². The molecule has 2 rings (SSSR count). The zero-order valence-electron chi connectivity index (χ0n) is 11.6. The highest BCUT2D eigenvalue weighted by Crippen LogP contribution is 2.23. The van der Waals surface area contributed by atoms with Gasteiger partial charge in [0.2, 0.25) is 0 Å². The first-order valence-corrected chi connectivity index (χ1v) is 6.93. The van der Waals surface area contributed by atoms with Crippen LogP contribution in [-0.4, -0.2) is 9.13 Å². The number of nitrogens with one attached hydrogen (secondary N) is 1. The SMILES string of the molecule is Cn1c(CNc2ccc(C#N)cc2Br)cc(=O)n(C)c1=O. The first kappa shape index (κ1) is 15.1. The van der Waals surface area contributed by atoms with Gasteiger partial charge in [0.1, 0.15) is 0 Å². The van der Waals surface area contributed by atoms with Crippen LogP contribution in [0.3, 0.4) is 0 Å². The molecule has 0 bridgehead atoms. The van der Waals surface area contributed by atoms with Gasteiger partial charge >= 0.3 is 5.69 Å². The van der Waals surface area contributed by atoms with E-state index in [1.165, 1.54) is 17.7 Å². The molecule has 0 saturated carbocycles. The number of aromatic nitrogens is 2. The molecule has 0 aliphatic rings. The average Bonchev–Trinajstić information content (AvgIpc) is 2.48. The second kappa shape index (κ2) is 5.97. The fraction of sp³-hybridized carbons (Fsp3) is 0.214. The molecule has 0 fully saturated rings. The molecular formula is C14H13BrN4O2. The molecule has 0 aliphatic carbocycles. The molecule has 0 atom stereocenters. The summed E-state index contributed by atoms with van der Waals surface area (Å²) in [6.07, 6.45) is 0. The van der Waals surface area contributed by atoms with Gasteiger partial charge < -0.3 is 5.32 Å². The lowest BCUT2D eigenvalue weighted by atomic mass is 10.2. The Labute approximate surface area is 129 Å². The van der Waals surface area contributed by atoms with E-state index in [9.17, 15) is 9.59 Å². The summed E-state index contributed by atoms with van der Waals surface area (Å²) in [5.41, 5.74) is 1.21. The molecule has 108 valence electrons. The van der Waals surface area contributed by atoms with Crippen LogP contribution in [0.5, 0.6) is 0 Å². The predicted molar refractivity (Wildman–Crippen MR) is 83.1 cm³/mol. The molecule has 6 nitrogen and oxygen atoms in total. The quantitative estimate of drug-likeness (QED) is 0.907. The van der Waals surface area contributed by atoms with Crippen molar-refractivity contribution in [3.63, 3.8) is 0 Å². The van der Waals surface area contributed by atoms with E-state index in [4.69, 9.17) is 5.26 Å². The van der Waals surface area contributed by atoms with Gasteiger partial charge in [0.05, 0.1) is 18.2 Å². The third kappa shape index (κ3) is 3.06. The highest BCUT2D eigenvalue weighted by Gasteiger charge is 2.07. The number of nitrogens with zero attached hydrogens (tertiary/aromatic N) is 3. The van der Waals surface area contributed by atoms with Crippen LogP contribution >= 0.6 is 15.9 Å². The number of benzene rings is 1. The molecule has 1 heterocycles. The standard InChI is InChI=1S/C14H13BrN4O2/c1-18-10(6-13(20)19(2)14(18)21)8-17-12-4-3-9(7-16)5-11(12)15/h3-6,17H,8H2,1-2H3. The Morgan fingerprint density at radius 3 is 2.57 bits per heavy atom. The summed E-state index contributed by atoms with van der Waals surface area (Å²) in [5.74, 6) is 0. The van der Waals surface area contributed by atoms with E-state index in [1.807, 2.05) is 0 Å². The zero-order chi connectivity index (χ0) is 15.6. The van der Waals surface area contributed by atoms with Gasteiger partial charge in [-0.15, -0.1) is 0 Å². The van der Waals surface area contributed by atoms with E-state index in [0.717, 1.165) is 14.7 Å². The second-order valence-electron chi connectivity index (χ2n) is 4.53. The minimum Gasteiger partial charge on any atom is -0.379 e. The molecule has 0 radical (unpaired) electrons. The summed E-state index contributed by atoms with van der Waals surface area (Å²) in [6.45, 7) is 0.326. The van der Waals surface area contributed by atoms with E-state index in [1.54, 1.807) is 25.2 Å². The Morgan fingerprint density at radius 1 is 1.24 bits per heavy atom. The van der Waals surface area contributed by atoms with Crippen LogP contribution in [0.15, 0.2) is 38.3 Å². The van der Waals surface area contributed by atoms with E-state index in [2.05, 4.69) is 27.3 Å². The molecule has 0 amide bonds. The number of hydrogen-bond acceptors (Lipinski definition) is 4. The summed E-state index contributed by atoms with van der Waals surface area (Å²) in [5, 5.41) is 11.9. The van der Waals surface area contributed by atoms with Gasteiger partial charge in [0, 0.05) is 36.0 Å². The van der Waals surface area contributed by atoms with Crippen LogP contribution in [0.4, 0.5) is 5.69 Å². The van der Waals surface area contributed by atoms with Gasteiger partial charge in [-0.1, -0.05) is 0 Å². The average molecular weight is 349 g/mol. The van der Waals surface area contributed by atoms with Crippen molar-refractivity contribution in [2.45, 2.75) is 6.54 Å². The molecular weight excluding hydrogens is 336 g/mol. The Morgan fingerprint density at radius 2 is 1.95 bits per heavy atom. The number of halogens is 1. The number of rotatable bonds is 3. The highest BCUT2D eigenvalue weighted by molar-refractivity contribution is 9.10. The molecule has 1 aromatic heterocycles. The fourth-order valence-electron chi connectivity index (χ4n) is 1.86. The molecule has 7 heteroatoms. The van der Waals surface area contributed by atoms with Crippen molar-refractivity contribution < 1.29 is 0 Å². The van der Waals surface area contributed by atoms with Gasteiger partial charge in [0.15, 0.2) is 0 Å². The zero-order valence-corrected chi connectivity index (χ0v) is 13.1. The monoisotopic (exact) mass is 348 g/mol. The lowest BCUT2D eigenvalue weighted by Gasteiger charge is -2.12. The molecule has 2 aromatic rings. The van der Waals surface area contributed by atoms with Crippen LogP contribution < -0.4 is 16.6 Å². The first-order chi connectivity index (χ1) is 9.93. The third-order valence-electron chi connectivity index (χ3n) is 3.18. The summed E-state index contributed by atoms with van der Waals surface area (Å²) >= 11 is 3.37. The number of anilines is 1. The summed E-state index contributed by atoms with van der Waals surface area (Å²) in [7, 11) is 3.06. The minimum atomic E-state index is -0.363. The van der Waals surface area contributed by atoms with Crippen LogP contribution in [-0.2, 0) is 20.6 Å². The fourth-order valence-corrected chi connectivity index (χ4v) is 2.38. The first-order valence-electron chi connectivity index (χ1n) is 6.13. The van der Waals surface area contributed by atoms with Crippen LogP contribution in [0.2, 0.25) is 0 Å². The molecule has 1 aromatic carbocycles. The Bertz CT molecular complexity index is 846. The third-order valence-corrected chi connectivity index (χ3v) is 3.84. The maximum absolute atomic E-state index is 11.8. The van der Waals surface area contributed by atoms with Gasteiger partial charge in [-0.3, -0.25) is 13.9 Å². The van der Waals surface area contributed by atoms with Crippen LogP contribution in [0.1, 0.15) is 11.3 Å². The smallest absolute Gasteiger partial charge is 0.330 e. The highest BCUT2D eigenvalue weighted by atomic mass is 79.9. The summed E-state index contributed by atoms with van der Waals surface area (Å²) < 4.78 is 3.22. The van der Waals surface area contributed by atoms with Crippen LogP contribution in [0.25, 0.3) is 0 Å². The topological polar surface area (TPSA) is 79.8 Å². The molecule has 0 unspecified atom stereocenters. The van der Waals surface area contributed by atoms with Crippen molar-refractivity contribution in [2.75, 3.05) is 5.32 Å². The molecule has 0 spiro atoms. The van der Waals surface area contributed by atoms with Crippen molar-refractivity contribution in [2.24, 2.45) is 14.1 Å². The predicted octanol–water partition coefficient (Wildman–Crippen LogP) is 1.33.